The monoisotopic (exact) mass is 376 g/mol. The molecule has 4 aromatic rings. The van der Waals surface area contributed by atoms with Gasteiger partial charge in [0.1, 0.15) is 29.1 Å². The highest BCUT2D eigenvalue weighted by Gasteiger charge is 2.07. The molecular formula is C20H17FN6O. The maximum Gasteiger partial charge on any atom is 0.148 e. The summed E-state index contributed by atoms with van der Waals surface area (Å²) >= 11 is 0. The van der Waals surface area contributed by atoms with E-state index in [1.807, 2.05) is 19.3 Å². The van der Waals surface area contributed by atoms with Crippen molar-refractivity contribution in [3.8, 4) is 11.8 Å². The van der Waals surface area contributed by atoms with Crippen molar-refractivity contribution in [3.05, 3.63) is 66.0 Å². The van der Waals surface area contributed by atoms with Crippen LogP contribution in [0.2, 0.25) is 0 Å². The Hall–Kier alpha value is -3.86. The lowest BCUT2D eigenvalue weighted by atomic mass is 10.2. The van der Waals surface area contributed by atoms with Crippen molar-refractivity contribution in [1.29, 1.82) is 5.26 Å². The number of hydrogen-bond donors (Lipinski definition) is 2. The van der Waals surface area contributed by atoms with Crippen LogP contribution in [0.25, 0.3) is 10.9 Å². The zero-order chi connectivity index (χ0) is 19.5. The van der Waals surface area contributed by atoms with E-state index in [0.29, 0.717) is 35.5 Å². The zero-order valence-electron chi connectivity index (χ0n) is 15.1. The molecule has 0 spiro atoms. The molecule has 2 N–H and O–H groups in total. The topological polar surface area (TPSA) is 91.5 Å². The second kappa shape index (κ2) is 7.40. The summed E-state index contributed by atoms with van der Waals surface area (Å²) in [6.45, 7) is 0.452. The fourth-order valence-electron chi connectivity index (χ4n) is 2.91. The maximum atomic E-state index is 13.6. The Labute approximate surface area is 160 Å². The van der Waals surface area contributed by atoms with Gasteiger partial charge in [0, 0.05) is 49.1 Å². The number of nitriles is 1. The minimum Gasteiger partial charge on any atom is -0.493 e. The molecule has 7 nitrogen and oxygen atoms in total. The van der Waals surface area contributed by atoms with E-state index in [4.69, 9.17) is 4.74 Å². The van der Waals surface area contributed by atoms with Gasteiger partial charge in [0.2, 0.25) is 0 Å². The summed E-state index contributed by atoms with van der Waals surface area (Å²) in [5.41, 5.74) is 2.71. The first-order valence-electron chi connectivity index (χ1n) is 8.67. The molecule has 0 unspecified atom stereocenters. The first-order valence-corrected chi connectivity index (χ1v) is 8.67. The lowest BCUT2D eigenvalue weighted by molar-refractivity contribution is 0.321. The van der Waals surface area contributed by atoms with Gasteiger partial charge in [0.05, 0.1) is 18.3 Å². The van der Waals surface area contributed by atoms with Crippen LogP contribution in [0.5, 0.6) is 5.75 Å². The van der Waals surface area contributed by atoms with Crippen LogP contribution >= 0.6 is 0 Å². The Morgan fingerprint density at radius 1 is 1.32 bits per heavy atom. The standard InChI is InChI=1S/C20H17FN6O/c1-27-12-13(10-24-27)4-5-28-16-6-15(9-22)26-20(8-16)25-14-2-3-17-18(21)11-23-19(17)7-14/h2-3,6-8,10-12,23H,4-5H2,1H3,(H,25,26). The fourth-order valence-corrected chi connectivity index (χ4v) is 2.91. The van der Waals surface area contributed by atoms with Crippen LogP contribution in [-0.2, 0) is 13.5 Å². The van der Waals surface area contributed by atoms with Crippen molar-refractivity contribution >= 4 is 22.4 Å². The summed E-state index contributed by atoms with van der Waals surface area (Å²) in [6.07, 6.45) is 5.75. The average Bonchev–Trinajstić information content (AvgIpc) is 3.27. The van der Waals surface area contributed by atoms with Crippen molar-refractivity contribution in [3.63, 3.8) is 0 Å². The Kier molecular flexibility index (Phi) is 4.64. The third kappa shape index (κ3) is 3.78. The van der Waals surface area contributed by atoms with Crippen molar-refractivity contribution in [2.24, 2.45) is 7.05 Å². The molecule has 0 atom stereocenters. The largest absolute Gasteiger partial charge is 0.493 e. The minimum absolute atomic E-state index is 0.244. The molecule has 0 saturated heterocycles. The molecule has 1 aromatic carbocycles. The van der Waals surface area contributed by atoms with Crippen molar-refractivity contribution in [2.75, 3.05) is 11.9 Å². The number of aromatic nitrogens is 4. The first-order chi connectivity index (χ1) is 13.6. The fraction of sp³-hybridized carbons (Fsp3) is 0.150. The highest BCUT2D eigenvalue weighted by atomic mass is 19.1. The Morgan fingerprint density at radius 3 is 3.00 bits per heavy atom. The lowest BCUT2D eigenvalue weighted by Crippen LogP contribution is -2.03. The van der Waals surface area contributed by atoms with Crippen LogP contribution in [-0.4, -0.2) is 26.4 Å². The van der Waals surface area contributed by atoms with Gasteiger partial charge in [-0.25, -0.2) is 9.37 Å². The Bertz CT molecular complexity index is 1170. The molecule has 140 valence electrons. The van der Waals surface area contributed by atoms with Gasteiger partial charge in [-0.15, -0.1) is 0 Å². The molecule has 0 radical (unpaired) electrons. The quantitative estimate of drug-likeness (QED) is 0.536. The van der Waals surface area contributed by atoms with Gasteiger partial charge in [0.25, 0.3) is 0 Å². The third-order valence-corrected chi connectivity index (χ3v) is 4.23. The molecule has 0 bridgehead atoms. The molecule has 3 heterocycles. The molecule has 0 saturated carbocycles. The number of fused-ring (bicyclic) bond motifs is 1. The van der Waals surface area contributed by atoms with Crippen LogP contribution in [0, 0.1) is 17.1 Å². The van der Waals surface area contributed by atoms with Crippen molar-refractivity contribution in [1.82, 2.24) is 19.7 Å². The van der Waals surface area contributed by atoms with Crippen LogP contribution in [0.4, 0.5) is 15.9 Å². The second-order valence-corrected chi connectivity index (χ2v) is 6.33. The number of hydrogen-bond acceptors (Lipinski definition) is 5. The SMILES string of the molecule is Cn1cc(CCOc2cc(C#N)nc(Nc3ccc4c(F)c[nH]c4c3)c2)cn1. The number of H-pyrrole nitrogens is 1. The summed E-state index contributed by atoms with van der Waals surface area (Å²) < 4.78 is 21.1. The summed E-state index contributed by atoms with van der Waals surface area (Å²) in [7, 11) is 1.86. The number of benzene rings is 1. The van der Waals surface area contributed by atoms with Gasteiger partial charge < -0.3 is 15.0 Å². The zero-order valence-corrected chi connectivity index (χ0v) is 15.1. The van der Waals surface area contributed by atoms with E-state index in [1.165, 1.54) is 6.20 Å². The van der Waals surface area contributed by atoms with E-state index in [1.54, 1.807) is 41.2 Å². The summed E-state index contributed by atoms with van der Waals surface area (Å²) in [6, 6.07) is 10.6. The molecule has 8 heteroatoms. The number of halogens is 1. The van der Waals surface area contributed by atoms with Gasteiger partial charge >= 0.3 is 0 Å². The predicted molar refractivity (Wildman–Crippen MR) is 103 cm³/mol. The van der Waals surface area contributed by atoms with Crippen LogP contribution < -0.4 is 10.1 Å². The molecule has 0 aliphatic heterocycles. The van der Waals surface area contributed by atoms with Gasteiger partial charge in [-0.3, -0.25) is 4.68 Å². The number of aromatic amines is 1. The second-order valence-electron chi connectivity index (χ2n) is 6.33. The van der Waals surface area contributed by atoms with E-state index in [-0.39, 0.29) is 11.5 Å². The van der Waals surface area contributed by atoms with E-state index in [2.05, 4.69) is 20.4 Å². The van der Waals surface area contributed by atoms with Crippen molar-refractivity contribution < 1.29 is 9.13 Å². The van der Waals surface area contributed by atoms with Gasteiger partial charge in [-0.2, -0.15) is 10.4 Å². The summed E-state index contributed by atoms with van der Waals surface area (Å²) in [5.74, 6) is 0.724. The normalized spacial score (nSPS) is 10.8. The molecule has 28 heavy (non-hydrogen) atoms. The number of nitrogens with zero attached hydrogens (tertiary/aromatic N) is 4. The van der Waals surface area contributed by atoms with Gasteiger partial charge in [-0.1, -0.05) is 0 Å². The van der Waals surface area contributed by atoms with Crippen LogP contribution in [0.1, 0.15) is 11.3 Å². The predicted octanol–water partition coefficient (Wildman–Crippen LogP) is 3.67. The van der Waals surface area contributed by atoms with Crippen LogP contribution in [0.15, 0.2) is 48.9 Å². The van der Waals surface area contributed by atoms with E-state index in [9.17, 15) is 9.65 Å². The molecular weight excluding hydrogens is 359 g/mol. The molecule has 3 aromatic heterocycles. The van der Waals surface area contributed by atoms with E-state index >= 15 is 0 Å². The van der Waals surface area contributed by atoms with E-state index in [0.717, 1.165) is 11.3 Å². The first kappa shape index (κ1) is 17.5. The smallest absolute Gasteiger partial charge is 0.148 e. The van der Waals surface area contributed by atoms with Crippen molar-refractivity contribution in [2.45, 2.75) is 6.42 Å². The number of nitrogens with one attached hydrogen (secondary N) is 2. The number of rotatable bonds is 6. The lowest BCUT2D eigenvalue weighted by Gasteiger charge is -2.10. The molecule has 0 fully saturated rings. The molecule has 4 rings (SSSR count). The summed E-state index contributed by atoms with van der Waals surface area (Å²) in [4.78, 5) is 7.13. The Morgan fingerprint density at radius 2 is 2.21 bits per heavy atom. The molecule has 0 aliphatic rings. The number of anilines is 2. The van der Waals surface area contributed by atoms with E-state index < -0.39 is 0 Å². The minimum atomic E-state index is -0.296. The molecule has 0 amide bonds. The number of pyridine rings is 1. The average molecular weight is 376 g/mol. The Balaban J connectivity index is 1.49. The van der Waals surface area contributed by atoms with Gasteiger partial charge in [0.15, 0.2) is 0 Å². The summed E-state index contributed by atoms with van der Waals surface area (Å²) in [5, 5.41) is 17.0. The third-order valence-electron chi connectivity index (χ3n) is 4.23. The van der Waals surface area contributed by atoms with Crippen LogP contribution in [0.3, 0.4) is 0 Å². The maximum absolute atomic E-state index is 13.6. The highest BCUT2D eigenvalue weighted by molar-refractivity contribution is 5.84. The highest BCUT2D eigenvalue weighted by Crippen LogP contribution is 2.25. The number of aryl methyl sites for hydroxylation is 1. The number of ether oxygens (including phenoxy) is 1. The van der Waals surface area contributed by atoms with Gasteiger partial charge in [-0.05, 0) is 23.8 Å². The molecule has 0 aliphatic carbocycles.